The van der Waals surface area contributed by atoms with Crippen molar-refractivity contribution >= 4 is 9.84 Å². The Morgan fingerprint density at radius 2 is 2.00 bits per heavy atom. The van der Waals surface area contributed by atoms with Gasteiger partial charge in [-0.25, -0.2) is 13.4 Å². The average Bonchev–Trinajstić information content (AvgIpc) is 2.68. The Morgan fingerprint density at radius 3 is 2.53 bits per heavy atom. The van der Waals surface area contributed by atoms with E-state index in [4.69, 9.17) is 0 Å². The van der Waals surface area contributed by atoms with Crippen molar-refractivity contribution < 1.29 is 8.42 Å². The van der Waals surface area contributed by atoms with E-state index in [1.807, 2.05) is 10.8 Å². The van der Waals surface area contributed by atoms with Crippen LogP contribution in [0.1, 0.15) is 20.8 Å². The molecule has 6 heteroatoms. The summed E-state index contributed by atoms with van der Waals surface area (Å²) in [5.74, 6) is 0.181. The van der Waals surface area contributed by atoms with Gasteiger partial charge in [-0.15, -0.1) is 0 Å². The van der Waals surface area contributed by atoms with Gasteiger partial charge in [0.05, 0.1) is 16.8 Å². The third kappa shape index (κ3) is 4.47. The molecule has 0 aliphatic rings. The summed E-state index contributed by atoms with van der Waals surface area (Å²) in [6.45, 7) is 7.23. The second kappa shape index (κ2) is 5.64. The van der Waals surface area contributed by atoms with Crippen LogP contribution in [-0.4, -0.2) is 41.6 Å². The number of aromatic nitrogens is 2. The number of hydrogen-bond donors (Lipinski definition) is 1. The summed E-state index contributed by atoms with van der Waals surface area (Å²) in [4.78, 5) is 3.93. The summed E-state index contributed by atoms with van der Waals surface area (Å²) in [7, 11) is -3.01. The molecule has 0 fully saturated rings. The van der Waals surface area contributed by atoms with Crippen molar-refractivity contribution in [2.45, 2.75) is 32.1 Å². The third-order valence-electron chi connectivity index (χ3n) is 2.59. The molecule has 0 atom stereocenters. The molecule has 1 rings (SSSR count). The van der Waals surface area contributed by atoms with Crippen LogP contribution >= 0.6 is 0 Å². The minimum Gasteiger partial charge on any atom is -0.336 e. The van der Waals surface area contributed by atoms with E-state index >= 15 is 0 Å². The van der Waals surface area contributed by atoms with E-state index in [2.05, 4.69) is 10.3 Å². The molecule has 0 bridgehead atoms. The van der Waals surface area contributed by atoms with E-state index in [9.17, 15) is 8.42 Å². The first-order valence-electron chi connectivity index (χ1n) is 5.72. The van der Waals surface area contributed by atoms with E-state index in [-0.39, 0.29) is 5.75 Å². The fraction of sp³-hybridized carbons (Fsp3) is 0.727. The van der Waals surface area contributed by atoms with Gasteiger partial charge in [-0.05, 0) is 20.8 Å². The van der Waals surface area contributed by atoms with Gasteiger partial charge < -0.3 is 9.88 Å². The maximum absolute atomic E-state index is 11.8. The van der Waals surface area contributed by atoms with Crippen molar-refractivity contribution in [2.24, 2.45) is 0 Å². The normalized spacial score (nSPS) is 12.9. The van der Waals surface area contributed by atoms with Gasteiger partial charge in [-0.2, -0.15) is 0 Å². The van der Waals surface area contributed by atoms with E-state index in [0.29, 0.717) is 6.54 Å². The molecule has 0 aliphatic carbocycles. The number of nitrogens with zero attached hydrogens (tertiary/aromatic N) is 2. The second-order valence-corrected chi connectivity index (χ2v) is 7.84. The number of hydrogen-bond acceptors (Lipinski definition) is 4. The van der Waals surface area contributed by atoms with Crippen molar-refractivity contribution in [3.8, 4) is 0 Å². The highest BCUT2D eigenvalue weighted by molar-refractivity contribution is 7.92. The molecule has 0 unspecified atom stereocenters. The first-order valence-corrected chi connectivity index (χ1v) is 7.37. The largest absolute Gasteiger partial charge is 0.336 e. The molecule has 5 nitrogen and oxygen atoms in total. The Balaban J connectivity index is 2.21. The monoisotopic (exact) mass is 259 g/mol. The molecule has 0 saturated heterocycles. The minimum absolute atomic E-state index is 0.181. The number of sulfone groups is 1. The molecule has 1 N–H and O–H groups in total. The van der Waals surface area contributed by atoms with Gasteiger partial charge in [0.15, 0.2) is 9.84 Å². The van der Waals surface area contributed by atoms with Gasteiger partial charge in [0, 0.05) is 32.0 Å². The lowest BCUT2D eigenvalue weighted by atomic mass is 10.3. The summed E-state index contributed by atoms with van der Waals surface area (Å²) >= 11 is 0. The minimum atomic E-state index is -3.01. The molecule has 1 aromatic heterocycles. The molecule has 0 spiro atoms. The fourth-order valence-corrected chi connectivity index (χ4v) is 2.29. The molecule has 0 amide bonds. The maximum atomic E-state index is 11.8. The smallest absolute Gasteiger partial charge is 0.156 e. The van der Waals surface area contributed by atoms with E-state index in [0.717, 1.165) is 13.1 Å². The lowest BCUT2D eigenvalue weighted by molar-refractivity contribution is 0.552. The zero-order chi connectivity index (χ0) is 12.9. The molecule has 0 aliphatic heterocycles. The van der Waals surface area contributed by atoms with E-state index in [1.54, 1.807) is 33.3 Å². The zero-order valence-corrected chi connectivity index (χ0v) is 11.5. The van der Waals surface area contributed by atoms with Crippen LogP contribution < -0.4 is 5.32 Å². The Hall–Kier alpha value is -0.880. The second-order valence-electron chi connectivity index (χ2n) is 4.98. The summed E-state index contributed by atoms with van der Waals surface area (Å²) in [6, 6.07) is 0. The highest BCUT2D eigenvalue weighted by atomic mass is 32.2. The molecule has 98 valence electrons. The number of nitrogens with one attached hydrogen (secondary N) is 1. The highest BCUT2D eigenvalue weighted by Crippen LogP contribution is 2.14. The van der Waals surface area contributed by atoms with Gasteiger partial charge in [-0.3, -0.25) is 0 Å². The summed E-state index contributed by atoms with van der Waals surface area (Å²) in [6.07, 6.45) is 5.35. The van der Waals surface area contributed by atoms with Crippen molar-refractivity contribution in [3.05, 3.63) is 18.7 Å². The standard InChI is InChI=1S/C11H21N3O2S/c1-11(2,3)17(15,16)9-6-12-4-7-14-8-5-13-10-14/h5,8,10,12H,4,6-7,9H2,1-3H3. The van der Waals surface area contributed by atoms with Crippen LogP contribution in [0.25, 0.3) is 0 Å². The molecular weight excluding hydrogens is 238 g/mol. The van der Waals surface area contributed by atoms with E-state index < -0.39 is 14.6 Å². The topological polar surface area (TPSA) is 64.0 Å². The van der Waals surface area contributed by atoms with Gasteiger partial charge >= 0.3 is 0 Å². The lowest BCUT2D eigenvalue weighted by Crippen LogP contribution is -2.35. The summed E-state index contributed by atoms with van der Waals surface area (Å²) in [5, 5.41) is 3.12. The Kier molecular flexibility index (Phi) is 4.70. The molecular formula is C11H21N3O2S. The van der Waals surface area contributed by atoms with Gasteiger partial charge in [0.25, 0.3) is 0 Å². The van der Waals surface area contributed by atoms with Crippen LogP contribution in [0.5, 0.6) is 0 Å². The number of rotatable bonds is 6. The van der Waals surface area contributed by atoms with Crippen molar-refractivity contribution in [1.29, 1.82) is 0 Å². The molecule has 1 heterocycles. The van der Waals surface area contributed by atoms with Crippen molar-refractivity contribution in [1.82, 2.24) is 14.9 Å². The van der Waals surface area contributed by atoms with E-state index in [1.165, 1.54) is 0 Å². The number of imidazole rings is 1. The highest BCUT2D eigenvalue weighted by Gasteiger charge is 2.27. The SMILES string of the molecule is CC(C)(C)S(=O)(=O)CCNCCn1ccnc1. The summed E-state index contributed by atoms with van der Waals surface area (Å²) in [5.41, 5.74) is 0. The fourth-order valence-electron chi connectivity index (χ4n) is 1.26. The van der Waals surface area contributed by atoms with Crippen LogP contribution in [0.15, 0.2) is 18.7 Å². The molecule has 0 radical (unpaired) electrons. The van der Waals surface area contributed by atoms with Crippen LogP contribution in [0.4, 0.5) is 0 Å². The van der Waals surface area contributed by atoms with Crippen molar-refractivity contribution in [3.63, 3.8) is 0 Å². The third-order valence-corrected chi connectivity index (χ3v) is 5.19. The van der Waals surface area contributed by atoms with Crippen LogP contribution in [0, 0.1) is 0 Å². The first kappa shape index (κ1) is 14.2. The van der Waals surface area contributed by atoms with Gasteiger partial charge in [0.2, 0.25) is 0 Å². The van der Waals surface area contributed by atoms with Gasteiger partial charge in [0.1, 0.15) is 0 Å². The van der Waals surface area contributed by atoms with Crippen LogP contribution in [0.3, 0.4) is 0 Å². The van der Waals surface area contributed by atoms with Crippen LogP contribution in [-0.2, 0) is 16.4 Å². The van der Waals surface area contributed by atoms with Gasteiger partial charge in [-0.1, -0.05) is 0 Å². The first-order chi connectivity index (χ1) is 7.83. The molecule has 0 saturated carbocycles. The average molecular weight is 259 g/mol. The lowest BCUT2D eigenvalue weighted by Gasteiger charge is -2.19. The van der Waals surface area contributed by atoms with Crippen LogP contribution in [0.2, 0.25) is 0 Å². The zero-order valence-electron chi connectivity index (χ0n) is 10.7. The maximum Gasteiger partial charge on any atom is 0.156 e. The predicted molar refractivity (Wildman–Crippen MR) is 68.6 cm³/mol. The Morgan fingerprint density at radius 1 is 1.29 bits per heavy atom. The predicted octanol–water partition coefficient (Wildman–Crippen LogP) is 0.686. The molecule has 1 aromatic rings. The molecule has 0 aromatic carbocycles. The quantitative estimate of drug-likeness (QED) is 0.763. The molecule has 17 heavy (non-hydrogen) atoms. The Bertz CT molecular complexity index is 418. The Labute approximate surface area is 103 Å². The van der Waals surface area contributed by atoms with Crippen molar-refractivity contribution in [2.75, 3.05) is 18.8 Å². The summed E-state index contributed by atoms with van der Waals surface area (Å²) < 4.78 is 24.9.